The fourth-order valence-corrected chi connectivity index (χ4v) is 2.97. The summed E-state index contributed by atoms with van der Waals surface area (Å²) < 4.78 is 11.0. The quantitative estimate of drug-likeness (QED) is 0.505. The Bertz CT molecular complexity index is 1180. The van der Waals surface area contributed by atoms with Gasteiger partial charge in [-0.25, -0.2) is 0 Å². The number of pyridine rings is 1. The lowest BCUT2D eigenvalue weighted by molar-refractivity contribution is -0.385. The van der Waals surface area contributed by atoms with Gasteiger partial charge in [-0.05, 0) is 36.8 Å². The first-order chi connectivity index (χ1) is 13.9. The summed E-state index contributed by atoms with van der Waals surface area (Å²) in [5.41, 5.74) is 1.77. The predicted octanol–water partition coefficient (Wildman–Crippen LogP) is 3.72. The van der Waals surface area contributed by atoms with Gasteiger partial charge in [-0.2, -0.15) is 5.26 Å². The summed E-state index contributed by atoms with van der Waals surface area (Å²) in [6, 6.07) is 14.9. The van der Waals surface area contributed by atoms with E-state index in [4.69, 9.17) is 9.47 Å². The molecule has 0 spiro atoms. The predicted molar refractivity (Wildman–Crippen MR) is 106 cm³/mol. The largest absolute Gasteiger partial charge is 0.496 e. The van der Waals surface area contributed by atoms with Gasteiger partial charge in [0, 0.05) is 22.9 Å². The van der Waals surface area contributed by atoms with Crippen LogP contribution in [0.1, 0.15) is 16.8 Å². The van der Waals surface area contributed by atoms with Crippen molar-refractivity contribution in [3.63, 3.8) is 0 Å². The number of hydrogen-bond donors (Lipinski definition) is 1. The van der Waals surface area contributed by atoms with Crippen molar-refractivity contribution in [3.8, 4) is 28.7 Å². The van der Waals surface area contributed by atoms with Crippen molar-refractivity contribution in [3.05, 3.63) is 85.8 Å². The third-order valence-electron chi connectivity index (χ3n) is 4.32. The van der Waals surface area contributed by atoms with Gasteiger partial charge in [-0.15, -0.1) is 0 Å². The number of nitrogens with one attached hydrogen (secondary N) is 1. The molecule has 0 saturated heterocycles. The van der Waals surface area contributed by atoms with Gasteiger partial charge in [0.15, 0.2) is 5.75 Å². The second kappa shape index (κ2) is 8.27. The Labute approximate surface area is 166 Å². The Morgan fingerprint density at radius 2 is 1.93 bits per heavy atom. The van der Waals surface area contributed by atoms with Gasteiger partial charge in [-0.1, -0.05) is 18.2 Å². The minimum absolute atomic E-state index is 0.00586. The molecule has 0 atom stereocenters. The van der Waals surface area contributed by atoms with Crippen LogP contribution in [0, 0.1) is 28.4 Å². The van der Waals surface area contributed by atoms with Crippen LogP contribution in [0.3, 0.4) is 0 Å². The number of H-pyrrole nitrogens is 1. The summed E-state index contributed by atoms with van der Waals surface area (Å²) >= 11 is 0. The van der Waals surface area contributed by atoms with Crippen LogP contribution in [-0.2, 0) is 6.61 Å². The standard InChI is InChI=1S/C21H17N3O5/c1-13-9-16(17(11-22)21(25)23-13)14-7-8-19(28-2)15(10-14)12-29-20-6-4-3-5-18(20)24(26)27/h3-10H,12H2,1-2H3,(H,23,25). The molecule has 0 aliphatic carbocycles. The fourth-order valence-electron chi connectivity index (χ4n) is 2.97. The monoisotopic (exact) mass is 391 g/mol. The average molecular weight is 391 g/mol. The molecule has 0 unspecified atom stereocenters. The van der Waals surface area contributed by atoms with Gasteiger partial charge < -0.3 is 14.5 Å². The number of aromatic amines is 1. The minimum atomic E-state index is -0.513. The number of benzene rings is 2. The molecule has 3 aromatic rings. The molecule has 8 heteroatoms. The third-order valence-corrected chi connectivity index (χ3v) is 4.32. The Morgan fingerprint density at radius 1 is 1.17 bits per heavy atom. The van der Waals surface area contributed by atoms with Crippen LogP contribution in [-0.4, -0.2) is 17.0 Å². The maximum absolute atomic E-state index is 12.1. The molecule has 146 valence electrons. The maximum Gasteiger partial charge on any atom is 0.310 e. The zero-order valence-corrected chi connectivity index (χ0v) is 15.8. The summed E-state index contributed by atoms with van der Waals surface area (Å²) in [5.74, 6) is 0.655. The van der Waals surface area contributed by atoms with Gasteiger partial charge in [0.05, 0.1) is 12.0 Å². The summed E-state index contributed by atoms with van der Waals surface area (Å²) in [5, 5.41) is 20.5. The summed E-state index contributed by atoms with van der Waals surface area (Å²) in [4.78, 5) is 25.4. The molecule has 1 heterocycles. The Hall–Kier alpha value is -4.12. The fraction of sp³-hybridized carbons (Fsp3) is 0.143. The van der Waals surface area contributed by atoms with Gasteiger partial charge in [-0.3, -0.25) is 14.9 Å². The molecule has 0 aliphatic heterocycles. The number of methoxy groups -OCH3 is 1. The topological polar surface area (TPSA) is 118 Å². The van der Waals surface area contributed by atoms with E-state index in [2.05, 4.69) is 4.98 Å². The first-order valence-electron chi connectivity index (χ1n) is 8.62. The summed E-state index contributed by atoms with van der Waals surface area (Å²) in [7, 11) is 1.50. The molecule has 2 aromatic carbocycles. The number of hydrogen-bond acceptors (Lipinski definition) is 6. The number of nitriles is 1. The van der Waals surface area contributed by atoms with E-state index in [-0.39, 0.29) is 23.6 Å². The SMILES string of the molecule is COc1ccc(-c2cc(C)[nH]c(=O)c2C#N)cc1COc1ccccc1[N+](=O)[O-]. The van der Waals surface area contributed by atoms with Crippen molar-refractivity contribution in [2.45, 2.75) is 13.5 Å². The molecule has 0 fully saturated rings. The summed E-state index contributed by atoms with van der Waals surface area (Å²) in [6.07, 6.45) is 0. The molecule has 0 radical (unpaired) electrons. The third kappa shape index (κ3) is 4.09. The molecule has 8 nitrogen and oxygen atoms in total. The highest BCUT2D eigenvalue weighted by Crippen LogP contribution is 2.31. The highest BCUT2D eigenvalue weighted by atomic mass is 16.6. The van der Waals surface area contributed by atoms with E-state index in [1.807, 2.05) is 6.07 Å². The molecular weight excluding hydrogens is 374 g/mol. The normalized spacial score (nSPS) is 10.2. The molecular formula is C21H17N3O5. The van der Waals surface area contributed by atoms with Gasteiger partial charge in [0.2, 0.25) is 0 Å². The minimum Gasteiger partial charge on any atom is -0.496 e. The van der Waals surface area contributed by atoms with Gasteiger partial charge >= 0.3 is 5.69 Å². The lowest BCUT2D eigenvalue weighted by Gasteiger charge is -2.13. The Morgan fingerprint density at radius 3 is 2.62 bits per heavy atom. The van der Waals surface area contributed by atoms with E-state index >= 15 is 0 Å². The van der Waals surface area contributed by atoms with Crippen LogP contribution in [0.15, 0.2) is 53.3 Å². The van der Waals surface area contributed by atoms with Gasteiger partial charge in [0.25, 0.3) is 5.56 Å². The van der Waals surface area contributed by atoms with Crippen LogP contribution in [0.2, 0.25) is 0 Å². The van der Waals surface area contributed by atoms with Crippen LogP contribution in [0.4, 0.5) is 5.69 Å². The Balaban J connectivity index is 2.01. The number of para-hydroxylation sites is 2. The maximum atomic E-state index is 12.1. The van der Waals surface area contributed by atoms with Crippen molar-refractivity contribution in [1.29, 1.82) is 5.26 Å². The number of aromatic nitrogens is 1. The number of aryl methyl sites for hydroxylation is 1. The molecule has 0 bridgehead atoms. The van der Waals surface area contributed by atoms with E-state index in [1.54, 1.807) is 43.3 Å². The zero-order chi connectivity index (χ0) is 21.0. The van der Waals surface area contributed by atoms with Crippen molar-refractivity contribution < 1.29 is 14.4 Å². The molecule has 1 N–H and O–H groups in total. The van der Waals surface area contributed by atoms with Crippen LogP contribution in [0.25, 0.3) is 11.1 Å². The van der Waals surface area contributed by atoms with Gasteiger partial charge in [0.1, 0.15) is 24.0 Å². The lowest BCUT2D eigenvalue weighted by Crippen LogP contribution is -2.12. The molecule has 0 saturated carbocycles. The molecule has 29 heavy (non-hydrogen) atoms. The van der Waals surface area contributed by atoms with Crippen molar-refractivity contribution in [2.24, 2.45) is 0 Å². The number of nitro groups is 1. The summed E-state index contributed by atoms with van der Waals surface area (Å²) in [6.45, 7) is 1.74. The molecule has 3 rings (SSSR count). The van der Waals surface area contributed by atoms with Crippen LogP contribution in [0.5, 0.6) is 11.5 Å². The Kier molecular flexibility index (Phi) is 5.60. The number of ether oxygens (including phenoxy) is 2. The second-order valence-electron chi connectivity index (χ2n) is 6.22. The zero-order valence-electron chi connectivity index (χ0n) is 15.8. The smallest absolute Gasteiger partial charge is 0.310 e. The molecule has 0 amide bonds. The van der Waals surface area contributed by atoms with Crippen molar-refractivity contribution in [1.82, 2.24) is 4.98 Å². The van der Waals surface area contributed by atoms with Crippen molar-refractivity contribution in [2.75, 3.05) is 7.11 Å². The average Bonchev–Trinajstić information content (AvgIpc) is 2.71. The van der Waals surface area contributed by atoms with E-state index < -0.39 is 10.5 Å². The van der Waals surface area contributed by atoms with Crippen molar-refractivity contribution >= 4 is 5.69 Å². The first kappa shape index (κ1) is 19.6. The number of nitro benzene ring substituents is 1. The lowest BCUT2D eigenvalue weighted by atomic mass is 9.99. The highest BCUT2D eigenvalue weighted by molar-refractivity contribution is 5.71. The van der Waals surface area contributed by atoms with E-state index in [9.17, 15) is 20.2 Å². The van der Waals surface area contributed by atoms with Crippen LogP contribution < -0.4 is 15.0 Å². The first-order valence-corrected chi connectivity index (χ1v) is 8.62. The molecule has 0 aliphatic rings. The highest BCUT2D eigenvalue weighted by Gasteiger charge is 2.16. The molecule has 1 aromatic heterocycles. The second-order valence-corrected chi connectivity index (χ2v) is 6.22. The van der Waals surface area contributed by atoms with E-state index in [0.717, 1.165) is 0 Å². The van der Waals surface area contributed by atoms with E-state index in [1.165, 1.54) is 19.2 Å². The van der Waals surface area contributed by atoms with E-state index in [0.29, 0.717) is 28.1 Å². The number of nitrogens with zero attached hydrogens (tertiary/aromatic N) is 2. The number of rotatable bonds is 6. The van der Waals surface area contributed by atoms with Crippen LogP contribution >= 0.6 is 0 Å².